The van der Waals surface area contributed by atoms with Crippen LogP contribution in [0.5, 0.6) is 0 Å². The van der Waals surface area contributed by atoms with Crippen LogP contribution in [0.15, 0.2) is 18.2 Å². The fourth-order valence-electron chi connectivity index (χ4n) is 2.37. The Morgan fingerprint density at radius 3 is 2.88 bits per heavy atom. The molecule has 0 aliphatic heterocycles. The standard InChI is InChI=1S/C14H18ClNO/c1-2-14(17)16-13-8-11-4-3-10(5-6-15)7-12(11)9-13/h3-4,7,13H,2,5-6,8-9H2,1H3,(H,16,17). The Morgan fingerprint density at radius 1 is 1.41 bits per heavy atom. The summed E-state index contributed by atoms with van der Waals surface area (Å²) in [6.07, 6.45) is 3.39. The zero-order chi connectivity index (χ0) is 12.3. The van der Waals surface area contributed by atoms with E-state index in [1.165, 1.54) is 16.7 Å². The lowest BCUT2D eigenvalue weighted by atomic mass is 10.1. The van der Waals surface area contributed by atoms with E-state index in [1.54, 1.807) is 0 Å². The van der Waals surface area contributed by atoms with E-state index in [4.69, 9.17) is 11.6 Å². The number of hydrogen-bond donors (Lipinski definition) is 1. The molecule has 1 aliphatic carbocycles. The number of benzene rings is 1. The van der Waals surface area contributed by atoms with Crippen molar-refractivity contribution in [1.29, 1.82) is 0 Å². The van der Waals surface area contributed by atoms with Crippen molar-refractivity contribution in [3.8, 4) is 0 Å². The van der Waals surface area contributed by atoms with Crippen LogP contribution in [0, 0.1) is 0 Å². The summed E-state index contributed by atoms with van der Waals surface area (Å²) in [5.41, 5.74) is 4.03. The maximum absolute atomic E-state index is 11.4. The monoisotopic (exact) mass is 251 g/mol. The molecule has 0 aromatic heterocycles. The summed E-state index contributed by atoms with van der Waals surface area (Å²) in [6, 6.07) is 6.83. The van der Waals surface area contributed by atoms with Gasteiger partial charge in [-0.05, 0) is 36.0 Å². The van der Waals surface area contributed by atoms with E-state index in [0.29, 0.717) is 12.3 Å². The van der Waals surface area contributed by atoms with Gasteiger partial charge in [0, 0.05) is 18.3 Å². The van der Waals surface area contributed by atoms with E-state index in [-0.39, 0.29) is 11.9 Å². The lowest BCUT2D eigenvalue weighted by Gasteiger charge is -2.10. The van der Waals surface area contributed by atoms with Gasteiger partial charge in [0.25, 0.3) is 0 Å². The fraction of sp³-hybridized carbons (Fsp3) is 0.500. The molecule has 0 spiro atoms. The van der Waals surface area contributed by atoms with Gasteiger partial charge >= 0.3 is 0 Å². The number of alkyl halides is 1. The molecular formula is C14H18ClNO. The maximum Gasteiger partial charge on any atom is 0.219 e. The van der Waals surface area contributed by atoms with Gasteiger partial charge in [-0.15, -0.1) is 11.6 Å². The molecule has 3 heteroatoms. The van der Waals surface area contributed by atoms with E-state index in [9.17, 15) is 4.79 Å². The third kappa shape index (κ3) is 3.01. The summed E-state index contributed by atoms with van der Waals surface area (Å²) in [7, 11) is 0. The van der Waals surface area contributed by atoms with Crippen LogP contribution in [0.2, 0.25) is 0 Å². The lowest BCUT2D eigenvalue weighted by molar-refractivity contribution is -0.121. The van der Waals surface area contributed by atoms with Crippen LogP contribution in [0.1, 0.15) is 30.0 Å². The van der Waals surface area contributed by atoms with E-state index < -0.39 is 0 Å². The van der Waals surface area contributed by atoms with Gasteiger partial charge in [0.15, 0.2) is 0 Å². The number of nitrogens with one attached hydrogen (secondary N) is 1. The van der Waals surface area contributed by atoms with Crippen LogP contribution in [0.3, 0.4) is 0 Å². The number of hydrogen-bond acceptors (Lipinski definition) is 1. The topological polar surface area (TPSA) is 29.1 Å². The largest absolute Gasteiger partial charge is 0.353 e. The van der Waals surface area contributed by atoms with Crippen molar-refractivity contribution in [2.75, 3.05) is 5.88 Å². The van der Waals surface area contributed by atoms with Crippen molar-refractivity contribution >= 4 is 17.5 Å². The summed E-state index contributed by atoms with van der Waals surface area (Å²) >= 11 is 5.75. The highest BCUT2D eigenvalue weighted by atomic mass is 35.5. The molecule has 2 nitrogen and oxygen atoms in total. The molecule has 2 rings (SSSR count). The number of halogens is 1. The van der Waals surface area contributed by atoms with Gasteiger partial charge in [-0.2, -0.15) is 0 Å². The average Bonchev–Trinajstić information content (AvgIpc) is 2.70. The summed E-state index contributed by atoms with van der Waals surface area (Å²) in [5, 5.41) is 3.06. The van der Waals surface area contributed by atoms with Gasteiger partial charge in [0.1, 0.15) is 0 Å². The number of aryl methyl sites for hydroxylation is 1. The zero-order valence-corrected chi connectivity index (χ0v) is 10.9. The van der Waals surface area contributed by atoms with Crippen LogP contribution in [0.4, 0.5) is 0 Å². The molecule has 1 aromatic carbocycles. The van der Waals surface area contributed by atoms with Crippen molar-refractivity contribution in [2.45, 2.75) is 38.6 Å². The second-order valence-corrected chi connectivity index (χ2v) is 4.95. The number of carbonyl (C=O) groups is 1. The molecular weight excluding hydrogens is 234 g/mol. The summed E-state index contributed by atoms with van der Waals surface area (Å²) in [6.45, 7) is 1.88. The number of carbonyl (C=O) groups excluding carboxylic acids is 1. The molecule has 1 amide bonds. The van der Waals surface area contributed by atoms with Gasteiger partial charge in [0.05, 0.1) is 0 Å². The Labute approximate surface area is 107 Å². The normalized spacial score (nSPS) is 17.9. The molecule has 1 aliphatic rings. The highest BCUT2D eigenvalue weighted by Crippen LogP contribution is 2.23. The molecule has 0 heterocycles. The second-order valence-electron chi connectivity index (χ2n) is 4.57. The molecule has 1 N–H and O–H groups in total. The highest BCUT2D eigenvalue weighted by Gasteiger charge is 2.22. The van der Waals surface area contributed by atoms with Crippen LogP contribution in [0.25, 0.3) is 0 Å². The predicted octanol–water partition coefficient (Wildman–Crippen LogP) is 2.46. The Hall–Kier alpha value is -1.02. The van der Waals surface area contributed by atoms with Gasteiger partial charge in [0.2, 0.25) is 5.91 Å². The minimum Gasteiger partial charge on any atom is -0.353 e. The smallest absolute Gasteiger partial charge is 0.219 e. The van der Waals surface area contributed by atoms with Crippen LogP contribution in [-0.2, 0) is 24.1 Å². The first-order valence-electron chi connectivity index (χ1n) is 6.19. The zero-order valence-electron chi connectivity index (χ0n) is 10.1. The van der Waals surface area contributed by atoms with Gasteiger partial charge in [-0.25, -0.2) is 0 Å². The van der Waals surface area contributed by atoms with Crippen LogP contribution < -0.4 is 5.32 Å². The average molecular weight is 252 g/mol. The van der Waals surface area contributed by atoms with Crippen molar-refractivity contribution in [1.82, 2.24) is 5.32 Å². The number of amides is 1. The minimum atomic E-state index is 0.142. The first-order chi connectivity index (χ1) is 8.22. The van der Waals surface area contributed by atoms with Crippen molar-refractivity contribution in [2.24, 2.45) is 0 Å². The molecule has 1 aromatic rings. The summed E-state index contributed by atoms with van der Waals surface area (Å²) < 4.78 is 0. The van der Waals surface area contributed by atoms with Crippen molar-refractivity contribution in [3.63, 3.8) is 0 Å². The van der Waals surface area contributed by atoms with Gasteiger partial charge in [-0.3, -0.25) is 4.79 Å². The van der Waals surface area contributed by atoms with Crippen molar-refractivity contribution < 1.29 is 4.79 Å². The third-order valence-corrected chi connectivity index (χ3v) is 3.46. The molecule has 17 heavy (non-hydrogen) atoms. The molecule has 1 unspecified atom stereocenters. The molecule has 0 radical (unpaired) electrons. The highest BCUT2D eigenvalue weighted by molar-refractivity contribution is 6.17. The third-order valence-electron chi connectivity index (χ3n) is 3.27. The second kappa shape index (κ2) is 5.54. The van der Waals surface area contributed by atoms with Crippen LogP contribution in [-0.4, -0.2) is 17.8 Å². The Bertz CT molecular complexity index is 417. The minimum absolute atomic E-state index is 0.142. The Morgan fingerprint density at radius 2 is 2.18 bits per heavy atom. The van der Waals surface area contributed by atoms with E-state index >= 15 is 0 Å². The SMILES string of the molecule is CCC(=O)NC1Cc2ccc(CCCl)cc2C1. The van der Waals surface area contributed by atoms with E-state index in [1.807, 2.05) is 6.92 Å². The molecule has 0 saturated heterocycles. The molecule has 0 bridgehead atoms. The lowest BCUT2D eigenvalue weighted by Crippen LogP contribution is -2.34. The predicted molar refractivity (Wildman–Crippen MR) is 70.5 cm³/mol. The number of fused-ring (bicyclic) bond motifs is 1. The van der Waals surface area contributed by atoms with Crippen molar-refractivity contribution in [3.05, 3.63) is 34.9 Å². The summed E-state index contributed by atoms with van der Waals surface area (Å²) in [4.78, 5) is 11.4. The molecule has 1 atom stereocenters. The fourth-order valence-corrected chi connectivity index (χ4v) is 2.59. The summed E-state index contributed by atoms with van der Waals surface area (Å²) in [5.74, 6) is 0.804. The van der Waals surface area contributed by atoms with E-state index in [2.05, 4.69) is 23.5 Å². The van der Waals surface area contributed by atoms with Gasteiger partial charge in [-0.1, -0.05) is 25.1 Å². The Kier molecular flexibility index (Phi) is 4.06. The molecule has 0 fully saturated rings. The molecule has 92 valence electrons. The maximum atomic E-state index is 11.4. The molecule has 0 saturated carbocycles. The van der Waals surface area contributed by atoms with E-state index in [0.717, 1.165) is 19.3 Å². The van der Waals surface area contributed by atoms with Crippen LogP contribution >= 0.6 is 11.6 Å². The quantitative estimate of drug-likeness (QED) is 0.819. The first-order valence-corrected chi connectivity index (χ1v) is 6.72. The number of rotatable bonds is 4. The van der Waals surface area contributed by atoms with Gasteiger partial charge < -0.3 is 5.32 Å². The Balaban J connectivity index is 2.03. The first kappa shape index (κ1) is 12.4.